The van der Waals surface area contributed by atoms with Crippen LogP contribution in [0.4, 0.5) is 0 Å². The highest BCUT2D eigenvalue weighted by Crippen LogP contribution is 2.27. The van der Waals surface area contributed by atoms with E-state index in [1.165, 1.54) is 0 Å². The van der Waals surface area contributed by atoms with Crippen molar-refractivity contribution in [2.75, 3.05) is 6.61 Å². The van der Waals surface area contributed by atoms with Crippen molar-refractivity contribution < 1.29 is 14.3 Å². The lowest BCUT2D eigenvalue weighted by Crippen LogP contribution is -2.31. The van der Waals surface area contributed by atoms with Gasteiger partial charge in [-0.05, 0) is 19.8 Å². The van der Waals surface area contributed by atoms with Gasteiger partial charge < -0.3 is 4.74 Å². The van der Waals surface area contributed by atoms with Crippen molar-refractivity contribution >= 4 is 23.4 Å². The van der Waals surface area contributed by atoms with Crippen LogP contribution in [0.2, 0.25) is 0 Å². The van der Waals surface area contributed by atoms with Gasteiger partial charge in [0.1, 0.15) is 0 Å². The van der Waals surface area contributed by atoms with Gasteiger partial charge in [-0.1, -0.05) is 6.42 Å². The molecule has 1 saturated carbocycles. The third-order valence-electron chi connectivity index (χ3n) is 2.44. The molecule has 0 amide bonds. The highest BCUT2D eigenvalue weighted by atomic mass is 35.5. The Morgan fingerprint density at radius 3 is 2.93 bits per heavy atom. The lowest BCUT2D eigenvalue weighted by molar-refractivity contribution is -0.146. The fourth-order valence-corrected chi connectivity index (χ4v) is 2.04. The SMILES string of the molecule is CCOC(=O)CC1CCCC(Cl)C1=O. The molecule has 1 fully saturated rings. The maximum atomic E-state index is 11.5. The predicted molar refractivity (Wildman–Crippen MR) is 53.2 cm³/mol. The van der Waals surface area contributed by atoms with Crippen LogP contribution in [-0.4, -0.2) is 23.7 Å². The number of ether oxygens (including phenoxy) is 1. The molecule has 4 heteroatoms. The molecule has 1 aliphatic rings. The highest BCUT2D eigenvalue weighted by molar-refractivity contribution is 6.31. The Balaban J connectivity index is 2.43. The number of esters is 1. The minimum Gasteiger partial charge on any atom is -0.466 e. The number of halogens is 1. The van der Waals surface area contributed by atoms with Crippen LogP contribution >= 0.6 is 11.6 Å². The number of hydrogen-bond acceptors (Lipinski definition) is 3. The highest BCUT2D eigenvalue weighted by Gasteiger charge is 2.31. The van der Waals surface area contributed by atoms with E-state index in [9.17, 15) is 9.59 Å². The fraction of sp³-hybridized carbons (Fsp3) is 0.800. The second kappa shape index (κ2) is 5.35. The van der Waals surface area contributed by atoms with Crippen molar-refractivity contribution in [3.05, 3.63) is 0 Å². The summed E-state index contributed by atoms with van der Waals surface area (Å²) in [5, 5.41) is -0.400. The monoisotopic (exact) mass is 218 g/mol. The molecule has 0 spiro atoms. The second-order valence-corrected chi connectivity index (χ2v) is 4.03. The molecule has 0 heterocycles. The average Bonchev–Trinajstić information content (AvgIpc) is 2.13. The van der Waals surface area contributed by atoms with Gasteiger partial charge in [0.25, 0.3) is 0 Å². The van der Waals surface area contributed by atoms with Gasteiger partial charge in [0.05, 0.1) is 18.4 Å². The molecular weight excluding hydrogens is 204 g/mol. The third kappa shape index (κ3) is 2.98. The molecule has 3 nitrogen and oxygen atoms in total. The molecule has 2 unspecified atom stereocenters. The molecule has 14 heavy (non-hydrogen) atoms. The van der Waals surface area contributed by atoms with Crippen LogP contribution in [0.1, 0.15) is 32.6 Å². The van der Waals surface area contributed by atoms with Gasteiger partial charge in [-0.15, -0.1) is 11.6 Å². The van der Waals surface area contributed by atoms with Crippen LogP contribution < -0.4 is 0 Å². The average molecular weight is 219 g/mol. The Labute approximate surface area is 88.8 Å². The van der Waals surface area contributed by atoms with E-state index in [4.69, 9.17) is 16.3 Å². The third-order valence-corrected chi connectivity index (χ3v) is 2.87. The molecule has 1 rings (SSSR count). The topological polar surface area (TPSA) is 43.4 Å². The zero-order valence-electron chi connectivity index (χ0n) is 8.29. The summed E-state index contributed by atoms with van der Waals surface area (Å²) in [6.07, 6.45) is 2.61. The number of hydrogen-bond donors (Lipinski definition) is 0. The first-order valence-electron chi connectivity index (χ1n) is 4.98. The van der Waals surface area contributed by atoms with E-state index < -0.39 is 5.38 Å². The van der Waals surface area contributed by atoms with E-state index in [-0.39, 0.29) is 24.1 Å². The van der Waals surface area contributed by atoms with E-state index in [0.29, 0.717) is 6.61 Å². The molecule has 0 N–H and O–H groups in total. The smallest absolute Gasteiger partial charge is 0.306 e. The molecule has 0 bridgehead atoms. The van der Waals surface area contributed by atoms with Crippen molar-refractivity contribution in [1.29, 1.82) is 0 Å². The first-order chi connectivity index (χ1) is 6.65. The van der Waals surface area contributed by atoms with Gasteiger partial charge in [0.2, 0.25) is 0 Å². The second-order valence-electron chi connectivity index (χ2n) is 3.51. The van der Waals surface area contributed by atoms with Crippen molar-refractivity contribution in [2.45, 2.75) is 38.0 Å². The summed E-state index contributed by atoms with van der Waals surface area (Å²) in [6.45, 7) is 2.12. The Hall–Kier alpha value is -0.570. The Morgan fingerprint density at radius 1 is 1.57 bits per heavy atom. The standard InChI is InChI=1S/C10H15ClO3/c1-2-14-9(12)6-7-4-3-5-8(11)10(7)13/h7-8H,2-6H2,1H3. The first kappa shape index (κ1) is 11.5. The molecule has 1 aliphatic carbocycles. The summed E-state index contributed by atoms with van der Waals surface area (Å²) >= 11 is 5.82. The number of alkyl halides is 1. The number of rotatable bonds is 3. The van der Waals surface area contributed by atoms with Gasteiger partial charge in [-0.3, -0.25) is 9.59 Å². The van der Waals surface area contributed by atoms with Crippen molar-refractivity contribution in [2.24, 2.45) is 5.92 Å². The van der Waals surface area contributed by atoms with Gasteiger partial charge in [-0.2, -0.15) is 0 Å². The van der Waals surface area contributed by atoms with Crippen molar-refractivity contribution in [1.82, 2.24) is 0 Å². The summed E-state index contributed by atoms with van der Waals surface area (Å²) in [5.74, 6) is -0.507. The van der Waals surface area contributed by atoms with E-state index >= 15 is 0 Å². The summed E-state index contributed by atoms with van der Waals surface area (Å²) < 4.78 is 4.79. The van der Waals surface area contributed by atoms with Crippen LogP contribution in [0.3, 0.4) is 0 Å². The predicted octanol–water partition coefficient (Wildman–Crippen LogP) is 1.92. The van der Waals surface area contributed by atoms with Crippen LogP contribution in [0.25, 0.3) is 0 Å². The quantitative estimate of drug-likeness (QED) is 0.537. The Kier molecular flexibility index (Phi) is 4.39. The Bertz CT molecular complexity index is 227. The zero-order valence-corrected chi connectivity index (χ0v) is 9.05. The van der Waals surface area contributed by atoms with E-state index in [0.717, 1.165) is 19.3 Å². The maximum absolute atomic E-state index is 11.5. The molecule has 0 radical (unpaired) electrons. The lowest BCUT2D eigenvalue weighted by Gasteiger charge is -2.23. The Morgan fingerprint density at radius 2 is 2.29 bits per heavy atom. The number of ketones is 1. The molecule has 0 aromatic carbocycles. The van der Waals surface area contributed by atoms with Gasteiger partial charge in [-0.25, -0.2) is 0 Å². The zero-order chi connectivity index (χ0) is 10.6. The van der Waals surface area contributed by atoms with Gasteiger partial charge in [0, 0.05) is 5.92 Å². The van der Waals surface area contributed by atoms with E-state index in [1.54, 1.807) is 6.92 Å². The molecule has 80 valence electrons. The van der Waals surface area contributed by atoms with Crippen LogP contribution in [0.15, 0.2) is 0 Å². The van der Waals surface area contributed by atoms with Crippen molar-refractivity contribution in [3.8, 4) is 0 Å². The van der Waals surface area contributed by atoms with E-state index in [2.05, 4.69) is 0 Å². The molecule has 0 saturated heterocycles. The summed E-state index contributed by atoms with van der Waals surface area (Å²) in [7, 11) is 0. The van der Waals surface area contributed by atoms with Gasteiger partial charge >= 0.3 is 5.97 Å². The largest absolute Gasteiger partial charge is 0.466 e. The van der Waals surface area contributed by atoms with E-state index in [1.807, 2.05) is 0 Å². The summed E-state index contributed by atoms with van der Waals surface area (Å²) in [4.78, 5) is 22.7. The number of carbonyl (C=O) groups excluding carboxylic acids is 2. The van der Waals surface area contributed by atoms with Crippen LogP contribution in [-0.2, 0) is 14.3 Å². The molecule has 2 atom stereocenters. The van der Waals surface area contributed by atoms with Crippen LogP contribution in [0, 0.1) is 5.92 Å². The summed E-state index contributed by atoms with van der Waals surface area (Å²) in [6, 6.07) is 0. The normalized spacial score (nSPS) is 27.4. The molecular formula is C10H15ClO3. The molecule has 0 aromatic heterocycles. The summed E-state index contributed by atoms with van der Waals surface area (Å²) in [5.41, 5.74) is 0. The minimum absolute atomic E-state index is 0.00553. The minimum atomic E-state index is -0.400. The molecule has 0 aliphatic heterocycles. The van der Waals surface area contributed by atoms with Crippen molar-refractivity contribution in [3.63, 3.8) is 0 Å². The number of Topliss-reactive ketones (excluding diaryl/α,β-unsaturated/α-hetero) is 1. The van der Waals surface area contributed by atoms with Gasteiger partial charge in [0.15, 0.2) is 5.78 Å². The van der Waals surface area contributed by atoms with Crippen LogP contribution in [0.5, 0.6) is 0 Å². The fourth-order valence-electron chi connectivity index (χ4n) is 1.71. The number of carbonyl (C=O) groups is 2. The maximum Gasteiger partial charge on any atom is 0.306 e. The lowest BCUT2D eigenvalue weighted by atomic mass is 9.85. The molecule has 0 aromatic rings. The first-order valence-corrected chi connectivity index (χ1v) is 5.42.